The van der Waals surface area contributed by atoms with Crippen LogP contribution in [-0.4, -0.2) is 4.57 Å². The van der Waals surface area contributed by atoms with Crippen LogP contribution in [0.25, 0.3) is 27.5 Å². The van der Waals surface area contributed by atoms with E-state index in [1.165, 1.54) is 0 Å². The molecule has 1 aromatic heterocycles. The van der Waals surface area contributed by atoms with Gasteiger partial charge in [0.05, 0.1) is 11.0 Å². The standard InChI is InChI=1S/C19H12ClNO/c20-13-10-11-18-16(12-13)19(22)15-8-4-5-9-17(15)21(18)14-6-2-1-3-7-14/h1-12H. The molecule has 3 aromatic carbocycles. The van der Waals surface area contributed by atoms with E-state index in [1.807, 2.05) is 66.7 Å². The van der Waals surface area contributed by atoms with Crippen LogP contribution in [0, 0.1) is 0 Å². The number of nitrogens with zero attached hydrogens (tertiary/aromatic N) is 1. The smallest absolute Gasteiger partial charge is 0.197 e. The van der Waals surface area contributed by atoms with Crippen molar-refractivity contribution in [2.45, 2.75) is 0 Å². The summed E-state index contributed by atoms with van der Waals surface area (Å²) in [4.78, 5) is 12.8. The van der Waals surface area contributed by atoms with Gasteiger partial charge in [-0.25, -0.2) is 0 Å². The molecule has 0 unspecified atom stereocenters. The molecule has 0 amide bonds. The Morgan fingerprint density at radius 2 is 1.41 bits per heavy atom. The van der Waals surface area contributed by atoms with E-state index in [1.54, 1.807) is 6.07 Å². The number of benzene rings is 3. The number of para-hydroxylation sites is 2. The molecule has 22 heavy (non-hydrogen) atoms. The van der Waals surface area contributed by atoms with E-state index in [-0.39, 0.29) is 5.43 Å². The van der Waals surface area contributed by atoms with Gasteiger partial charge in [-0.05, 0) is 42.5 Å². The van der Waals surface area contributed by atoms with Crippen LogP contribution in [0.1, 0.15) is 0 Å². The zero-order chi connectivity index (χ0) is 15.1. The molecule has 0 atom stereocenters. The average molecular weight is 306 g/mol. The van der Waals surface area contributed by atoms with E-state index >= 15 is 0 Å². The van der Waals surface area contributed by atoms with Crippen molar-refractivity contribution < 1.29 is 0 Å². The molecule has 1 heterocycles. The first-order chi connectivity index (χ1) is 10.8. The Hall–Kier alpha value is -2.58. The van der Waals surface area contributed by atoms with Crippen molar-refractivity contribution in [3.63, 3.8) is 0 Å². The minimum atomic E-state index is 0.0141. The molecule has 3 heteroatoms. The SMILES string of the molecule is O=c1c2ccccc2n(-c2ccccc2)c2ccc(Cl)cc12. The van der Waals surface area contributed by atoms with Gasteiger partial charge in [0.2, 0.25) is 0 Å². The van der Waals surface area contributed by atoms with E-state index in [0.717, 1.165) is 16.7 Å². The summed E-state index contributed by atoms with van der Waals surface area (Å²) in [6, 6.07) is 23.1. The summed E-state index contributed by atoms with van der Waals surface area (Å²) in [5, 5.41) is 1.90. The van der Waals surface area contributed by atoms with Gasteiger partial charge < -0.3 is 4.57 Å². The first-order valence-electron chi connectivity index (χ1n) is 7.04. The van der Waals surface area contributed by atoms with Crippen molar-refractivity contribution in [2.24, 2.45) is 0 Å². The van der Waals surface area contributed by atoms with Gasteiger partial charge in [0.15, 0.2) is 5.43 Å². The Morgan fingerprint density at radius 1 is 0.727 bits per heavy atom. The molecule has 0 fully saturated rings. The van der Waals surface area contributed by atoms with Crippen LogP contribution < -0.4 is 5.43 Å². The third-order valence-corrected chi connectivity index (χ3v) is 4.08. The lowest BCUT2D eigenvalue weighted by Crippen LogP contribution is -2.10. The molecule has 4 aromatic rings. The van der Waals surface area contributed by atoms with Crippen LogP contribution in [0.15, 0.2) is 77.6 Å². The Labute approximate surface area is 132 Å². The Morgan fingerprint density at radius 3 is 2.23 bits per heavy atom. The third-order valence-electron chi connectivity index (χ3n) is 3.85. The van der Waals surface area contributed by atoms with Gasteiger partial charge >= 0.3 is 0 Å². The van der Waals surface area contributed by atoms with Gasteiger partial charge in [-0.1, -0.05) is 41.9 Å². The van der Waals surface area contributed by atoms with Crippen LogP contribution >= 0.6 is 11.6 Å². The molecule has 2 nitrogen and oxygen atoms in total. The highest BCUT2D eigenvalue weighted by molar-refractivity contribution is 6.31. The van der Waals surface area contributed by atoms with Crippen LogP contribution in [0.2, 0.25) is 5.02 Å². The third kappa shape index (κ3) is 1.92. The summed E-state index contributed by atoms with van der Waals surface area (Å²) in [5.41, 5.74) is 2.79. The number of aromatic nitrogens is 1. The second-order valence-corrected chi connectivity index (χ2v) is 5.62. The normalized spacial score (nSPS) is 11.1. The summed E-state index contributed by atoms with van der Waals surface area (Å²) in [6.45, 7) is 0. The second kappa shape index (κ2) is 5.00. The molecule has 106 valence electrons. The number of rotatable bonds is 1. The van der Waals surface area contributed by atoms with Gasteiger partial charge in [-0.15, -0.1) is 0 Å². The van der Waals surface area contributed by atoms with Crippen LogP contribution in [0.3, 0.4) is 0 Å². The Bertz CT molecular complexity index is 1050. The van der Waals surface area contributed by atoms with E-state index in [0.29, 0.717) is 15.8 Å². The lowest BCUT2D eigenvalue weighted by molar-refractivity contribution is 1.16. The fourth-order valence-electron chi connectivity index (χ4n) is 2.88. The summed E-state index contributed by atoms with van der Waals surface area (Å²) in [7, 11) is 0. The summed E-state index contributed by atoms with van der Waals surface area (Å²) >= 11 is 6.09. The quantitative estimate of drug-likeness (QED) is 0.463. The molecule has 0 radical (unpaired) electrons. The summed E-state index contributed by atoms with van der Waals surface area (Å²) < 4.78 is 2.10. The molecule has 0 bridgehead atoms. The molecular weight excluding hydrogens is 294 g/mol. The first kappa shape index (κ1) is 13.1. The van der Waals surface area contributed by atoms with Crippen LogP contribution in [0.5, 0.6) is 0 Å². The molecular formula is C19H12ClNO. The van der Waals surface area contributed by atoms with Crippen molar-refractivity contribution in [3.05, 3.63) is 88.0 Å². The van der Waals surface area contributed by atoms with Gasteiger partial charge in [0, 0.05) is 21.5 Å². The molecule has 0 N–H and O–H groups in total. The predicted molar refractivity (Wildman–Crippen MR) is 92.1 cm³/mol. The molecule has 0 saturated heterocycles. The van der Waals surface area contributed by atoms with Crippen molar-refractivity contribution in [1.29, 1.82) is 0 Å². The minimum Gasteiger partial charge on any atom is -0.309 e. The number of hydrogen-bond acceptors (Lipinski definition) is 1. The van der Waals surface area contributed by atoms with E-state index in [4.69, 9.17) is 11.6 Å². The lowest BCUT2D eigenvalue weighted by Gasteiger charge is -2.15. The second-order valence-electron chi connectivity index (χ2n) is 5.18. The number of hydrogen-bond donors (Lipinski definition) is 0. The maximum atomic E-state index is 12.8. The minimum absolute atomic E-state index is 0.0141. The maximum absolute atomic E-state index is 12.8. The first-order valence-corrected chi connectivity index (χ1v) is 7.42. The molecule has 0 aliphatic heterocycles. The van der Waals surface area contributed by atoms with Gasteiger partial charge in [-0.3, -0.25) is 4.79 Å². The number of fused-ring (bicyclic) bond motifs is 2. The van der Waals surface area contributed by atoms with Crippen molar-refractivity contribution in [1.82, 2.24) is 4.57 Å². The highest BCUT2D eigenvalue weighted by Gasteiger charge is 2.11. The zero-order valence-corrected chi connectivity index (χ0v) is 12.4. The van der Waals surface area contributed by atoms with Crippen molar-refractivity contribution in [2.75, 3.05) is 0 Å². The van der Waals surface area contributed by atoms with Gasteiger partial charge in [0.1, 0.15) is 0 Å². The zero-order valence-electron chi connectivity index (χ0n) is 11.7. The van der Waals surface area contributed by atoms with E-state index in [2.05, 4.69) is 4.57 Å². The molecule has 4 rings (SSSR count). The van der Waals surface area contributed by atoms with Gasteiger partial charge in [0.25, 0.3) is 0 Å². The monoisotopic (exact) mass is 305 g/mol. The highest BCUT2D eigenvalue weighted by atomic mass is 35.5. The van der Waals surface area contributed by atoms with Crippen molar-refractivity contribution >= 4 is 33.4 Å². The van der Waals surface area contributed by atoms with E-state index in [9.17, 15) is 4.79 Å². The van der Waals surface area contributed by atoms with Crippen LogP contribution in [0.4, 0.5) is 0 Å². The fourth-order valence-corrected chi connectivity index (χ4v) is 3.05. The highest BCUT2D eigenvalue weighted by Crippen LogP contribution is 2.25. The summed E-state index contributed by atoms with van der Waals surface area (Å²) in [6.07, 6.45) is 0. The lowest BCUT2D eigenvalue weighted by atomic mass is 10.1. The molecule has 0 spiro atoms. The molecule has 0 aliphatic carbocycles. The van der Waals surface area contributed by atoms with Gasteiger partial charge in [-0.2, -0.15) is 0 Å². The Kier molecular flexibility index (Phi) is 2.98. The number of pyridine rings is 1. The maximum Gasteiger partial charge on any atom is 0.197 e. The predicted octanol–water partition coefficient (Wildman–Crippen LogP) is 4.80. The molecule has 0 aliphatic rings. The Balaban J connectivity index is 2.30. The number of halogens is 1. The summed E-state index contributed by atoms with van der Waals surface area (Å²) in [5.74, 6) is 0. The van der Waals surface area contributed by atoms with Crippen molar-refractivity contribution in [3.8, 4) is 5.69 Å². The molecule has 0 saturated carbocycles. The topological polar surface area (TPSA) is 22.0 Å². The van der Waals surface area contributed by atoms with Crippen LogP contribution in [-0.2, 0) is 0 Å². The van der Waals surface area contributed by atoms with E-state index < -0.39 is 0 Å². The fraction of sp³-hybridized carbons (Fsp3) is 0. The average Bonchev–Trinajstić information content (AvgIpc) is 2.57. The largest absolute Gasteiger partial charge is 0.309 e.